The van der Waals surface area contributed by atoms with Crippen molar-refractivity contribution in [3.05, 3.63) is 64.2 Å². The molecule has 24 heavy (non-hydrogen) atoms. The molecule has 2 aromatic rings. The van der Waals surface area contributed by atoms with E-state index in [1.807, 2.05) is 12.1 Å². The number of aliphatic hydroxyl groups excluding tert-OH is 1. The van der Waals surface area contributed by atoms with Gasteiger partial charge in [-0.1, -0.05) is 35.9 Å². The molecule has 0 bridgehead atoms. The third kappa shape index (κ3) is 4.28. The van der Waals surface area contributed by atoms with Crippen molar-refractivity contribution in [3.8, 4) is 5.75 Å². The highest BCUT2D eigenvalue weighted by molar-refractivity contribution is 6.30. The fraction of sp³-hybridized carbons (Fsp3) is 0.316. The van der Waals surface area contributed by atoms with E-state index in [9.17, 15) is 9.90 Å². The zero-order valence-electron chi connectivity index (χ0n) is 13.3. The standard InChI is InChI=1S/C19H20ClNO3/c20-16-4-2-14(3-5-16)17(22)12-19(23)21-9-7-13-1-6-18-15(11-13)8-10-24-18/h1-6,11,17,22H,7-10,12H2,(H,21,23)/t17-/m0/s1. The first-order valence-corrected chi connectivity index (χ1v) is 8.44. The summed E-state index contributed by atoms with van der Waals surface area (Å²) in [6.45, 7) is 1.30. The van der Waals surface area contributed by atoms with Crippen LogP contribution in [0.1, 0.15) is 29.2 Å². The molecule has 4 nitrogen and oxygen atoms in total. The van der Waals surface area contributed by atoms with E-state index in [4.69, 9.17) is 16.3 Å². The zero-order valence-corrected chi connectivity index (χ0v) is 14.1. The van der Waals surface area contributed by atoms with Crippen molar-refractivity contribution in [2.45, 2.75) is 25.4 Å². The summed E-state index contributed by atoms with van der Waals surface area (Å²) < 4.78 is 5.48. The number of benzene rings is 2. The molecular weight excluding hydrogens is 326 g/mol. The van der Waals surface area contributed by atoms with Crippen LogP contribution < -0.4 is 10.1 Å². The Morgan fingerprint density at radius 2 is 2.04 bits per heavy atom. The van der Waals surface area contributed by atoms with E-state index in [1.165, 1.54) is 11.1 Å². The Balaban J connectivity index is 1.44. The monoisotopic (exact) mass is 345 g/mol. The largest absolute Gasteiger partial charge is 0.493 e. The van der Waals surface area contributed by atoms with Crippen molar-refractivity contribution in [1.29, 1.82) is 0 Å². The Morgan fingerprint density at radius 3 is 2.83 bits per heavy atom. The highest BCUT2D eigenvalue weighted by Crippen LogP contribution is 2.26. The Kier molecular flexibility index (Phi) is 5.38. The average Bonchev–Trinajstić information content (AvgIpc) is 3.03. The van der Waals surface area contributed by atoms with Crippen LogP contribution in [-0.4, -0.2) is 24.2 Å². The number of fused-ring (bicyclic) bond motifs is 1. The predicted octanol–water partition coefficient (Wildman–Crippen LogP) is 3.06. The number of carbonyl (C=O) groups excluding carboxylic acids is 1. The number of rotatable bonds is 6. The summed E-state index contributed by atoms with van der Waals surface area (Å²) in [5.74, 6) is 0.802. The zero-order chi connectivity index (χ0) is 16.9. The van der Waals surface area contributed by atoms with Crippen molar-refractivity contribution >= 4 is 17.5 Å². The second-order valence-electron chi connectivity index (χ2n) is 5.91. The van der Waals surface area contributed by atoms with E-state index in [2.05, 4.69) is 11.4 Å². The maximum Gasteiger partial charge on any atom is 0.222 e. The molecule has 126 valence electrons. The minimum absolute atomic E-state index is 0.0413. The van der Waals surface area contributed by atoms with Crippen molar-refractivity contribution in [3.63, 3.8) is 0 Å². The molecule has 3 rings (SSSR count). The number of hydrogen-bond donors (Lipinski definition) is 2. The molecule has 0 saturated carbocycles. The molecule has 1 atom stereocenters. The van der Waals surface area contributed by atoms with Crippen LogP contribution in [-0.2, 0) is 17.6 Å². The number of carbonyl (C=O) groups is 1. The molecule has 0 aliphatic carbocycles. The maximum absolute atomic E-state index is 12.0. The third-order valence-electron chi connectivity index (χ3n) is 4.12. The van der Waals surface area contributed by atoms with Gasteiger partial charge in [0.15, 0.2) is 0 Å². The number of ether oxygens (including phenoxy) is 1. The van der Waals surface area contributed by atoms with E-state index in [1.54, 1.807) is 24.3 Å². The van der Waals surface area contributed by atoms with Crippen LogP contribution in [0.2, 0.25) is 5.02 Å². The van der Waals surface area contributed by atoms with Crippen LogP contribution in [0.3, 0.4) is 0 Å². The first kappa shape index (κ1) is 16.8. The van der Waals surface area contributed by atoms with E-state index in [0.717, 1.165) is 25.2 Å². The van der Waals surface area contributed by atoms with Crippen LogP contribution in [0.4, 0.5) is 0 Å². The summed E-state index contributed by atoms with van der Waals surface area (Å²) >= 11 is 5.82. The van der Waals surface area contributed by atoms with E-state index >= 15 is 0 Å². The smallest absolute Gasteiger partial charge is 0.222 e. The first-order chi connectivity index (χ1) is 11.6. The second-order valence-corrected chi connectivity index (χ2v) is 6.35. The lowest BCUT2D eigenvalue weighted by Gasteiger charge is -2.11. The molecule has 1 heterocycles. The third-order valence-corrected chi connectivity index (χ3v) is 4.38. The Morgan fingerprint density at radius 1 is 1.25 bits per heavy atom. The minimum atomic E-state index is -0.820. The molecule has 5 heteroatoms. The number of amides is 1. The Bertz CT molecular complexity index is 715. The van der Waals surface area contributed by atoms with Gasteiger partial charge in [-0.3, -0.25) is 4.79 Å². The SMILES string of the molecule is O=C(C[C@H](O)c1ccc(Cl)cc1)NCCc1ccc2c(c1)CCO2. The molecule has 0 unspecified atom stereocenters. The summed E-state index contributed by atoms with van der Waals surface area (Å²) in [6, 6.07) is 13.0. The lowest BCUT2D eigenvalue weighted by atomic mass is 10.1. The fourth-order valence-corrected chi connectivity index (χ4v) is 2.92. The van der Waals surface area contributed by atoms with Crippen molar-refractivity contribution in [1.82, 2.24) is 5.32 Å². The number of nitrogens with one attached hydrogen (secondary N) is 1. The van der Waals surface area contributed by atoms with Crippen molar-refractivity contribution in [2.75, 3.05) is 13.2 Å². The molecule has 2 N–H and O–H groups in total. The molecule has 0 radical (unpaired) electrons. The van der Waals surface area contributed by atoms with Gasteiger partial charge in [0.05, 0.1) is 19.1 Å². The highest BCUT2D eigenvalue weighted by Gasteiger charge is 2.14. The van der Waals surface area contributed by atoms with Crippen LogP contribution in [0, 0.1) is 0 Å². The molecule has 0 saturated heterocycles. The lowest BCUT2D eigenvalue weighted by molar-refractivity contribution is -0.123. The van der Waals surface area contributed by atoms with Gasteiger partial charge in [-0.25, -0.2) is 0 Å². The molecule has 1 aliphatic rings. The van der Waals surface area contributed by atoms with Crippen molar-refractivity contribution < 1.29 is 14.6 Å². The van der Waals surface area contributed by atoms with Crippen LogP contribution >= 0.6 is 11.6 Å². The molecule has 0 aromatic heterocycles. The van der Waals surface area contributed by atoms with Crippen LogP contribution in [0.15, 0.2) is 42.5 Å². The van der Waals surface area contributed by atoms with Gasteiger partial charge < -0.3 is 15.2 Å². The van der Waals surface area contributed by atoms with Gasteiger partial charge >= 0.3 is 0 Å². The Labute approximate surface area is 146 Å². The Hall–Kier alpha value is -2.04. The number of aliphatic hydroxyl groups is 1. The lowest BCUT2D eigenvalue weighted by Crippen LogP contribution is -2.27. The van der Waals surface area contributed by atoms with E-state index in [0.29, 0.717) is 17.1 Å². The van der Waals surface area contributed by atoms with Gasteiger partial charge in [-0.15, -0.1) is 0 Å². The molecule has 2 aromatic carbocycles. The molecule has 0 fully saturated rings. The quantitative estimate of drug-likeness (QED) is 0.846. The van der Waals surface area contributed by atoms with E-state index < -0.39 is 6.10 Å². The summed E-state index contributed by atoms with van der Waals surface area (Å²) in [4.78, 5) is 12.0. The molecular formula is C19H20ClNO3. The predicted molar refractivity (Wildman–Crippen MR) is 93.4 cm³/mol. The fourth-order valence-electron chi connectivity index (χ4n) is 2.79. The van der Waals surface area contributed by atoms with Crippen LogP contribution in [0.5, 0.6) is 5.75 Å². The summed E-state index contributed by atoms with van der Waals surface area (Å²) in [6.07, 6.45) is 0.929. The summed E-state index contributed by atoms with van der Waals surface area (Å²) in [5.41, 5.74) is 3.10. The average molecular weight is 346 g/mol. The van der Waals surface area contributed by atoms with Crippen molar-refractivity contribution in [2.24, 2.45) is 0 Å². The molecule has 1 amide bonds. The number of hydrogen-bond acceptors (Lipinski definition) is 3. The molecule has 0 spiro atoms. The van der Waals surface area contributed by atoms with E-state index in [-0.39, 0.29) is 12.3 Å². The topological polar surface area (TPSA) is 58.6 Å². The molecule has 1 aliphatic heterocycles. The minimum Gasteiger partial charge on any atom is -0.493 e. The van der Waals surface area contributed by atoms with Crippen LogP contribution in [0.25, 0.3) is 0 Å². The van der Waals surface area contributed by atoms with Gasteiger partial charge in [-0.05, 0) is 41.3 Å². The number of halogens is 1. The second kappa shape index (κ2) is 7.69. The first-order valence-electron chi connectivity index (χ1n) is 8.06. The highest BCUT2D eigenvalue weighted by atomic mass is 35.5. The van der Waals surface area contributed by atoms with Gasteiger partial charge in [-0.2, -0.15) is 0 Å². The van der Waals surface area contributed by atoms with Gasteiger partial charge in [0.1, 0.15) is 5.75 Å². The normalized spacial score (nSPS) is 13.9. The van der Waals surface area contributed by atoms with Gasteiger partial charge in [0.25, 0.3) is 0 Å². The van der Waals surface area contributed by atoms with Gasteiger partial charge in [0, 0.05) is 18.0 Å². The summed E-state index contributed by atoms with van der Waals surface area (Å²) in [5, 5.41) is 13.5. The van der Waals surface area contributed by atoms with Gasteiger partial charge in [0.2, 0.25) is 5.91 Å². The summed E-state index contributed by atoms with van der Waals surface area (Å²) in [7, 11) is 0. The maximum atomic E-state index is 12.0.